The zero-order valence-corrected chi connectivity index (χ0v) is 11.8. The van der Waals surface area contributed by atoms with Crippen LogP contribution in [0.15, 0.2) is 6.07 Å². The number of nitrogens with zero attached hydrogens (tertiary/aromatic N) is 3. The molecule has 1 aromatic heterocycles. The number of aromatic nitrogens is 1. The third kappa shape index (κ3) is 2.87. The predicted molar refractivity (Wildman–Crippen MR) is 75.0 cm³/mol. The molecule has 2 atom stereocenters. The number of aryl methyl sites for hydroxylation is 2. The van der Waals surface area contributed by atoms with E-state index in [0.717, 1.165) is 43.0 Å². The molecule has 0 aromatic carbocycles. The highest BCUT2D eigenvalue weighted by Gasteiger charge is 2.25. The van der Waals surface area contributed by atoms with E-state index in [-0.39, 0.29) is 12.0 Å². The van der Waals surface area contributed by atoms with E-state index in [1.54, 1.807) is 0 Å². The summed E-state index contributed by atoms with van der Waals surface area (Å²) in [6.07, 6.45) is 1.82. The smallest absolute Gasteiger partial charge is 0.103 e. The van der Waals surface area contributed by atoms with E-state index in [1.165, 1.54) is 0 Å². The second kappa shape index (κ2) is 5.58. The van der Waals surface area contributed by atoms with Gasteiger partial charge in [0.2, 0.25) is 0 Å². The van der Waals surface area contributed by atoms with Crippen LogP contribution in [-0.2, 0) is 0 Å². The lowest BCUT2D eigenvalue weighted by molar-refractivity contribution is 0.115. The van der Waals surface area contributed by atoms with Crippen LogP contribution in [0.25, 0.3) is 0 Å². The van der Waals surface area contributed by atoms with Crippen LogP contribution < -0.4 is 4.90 Å². The normalized spacial score (nSPS) is 21.0. The van der Waals surface area contributed by atoms with E-state index in [4.69, 9.17) is 0 Å². The molecule has 4 nitrogen and oxygen atoms in total. The van der Waals surface area contributed by atoms with E-state index >= 15 is 0 Å². The Balaban J connectivity index is 2.33. The molecule has 1 N–H and O–H groups in total. The number of piperidine rings is 1. The quantitative estimate of drug-likeness (QED) is 0.884. The maximum atomic E-state index is 9.77. The summed E-state index contributed by atoms with van der Waals surface area (Å²) in [5.41, 5.74) is 3.36. The van der Waals surface area contributed by atoms with Crippen LogP contribution in [0.1, 0.15) is 36.7 Å². The van der Waals surface area contributed by atoms with Crippen LogP contribution in [0.2, 0.25) is 0 Å². The first-order valence-electron chi connectivity index (χ1n) is 6.84. The molecule has 2 rings (SSSR count). The maximum Gasteiger partial charge on any atom is 0.103 e. The van der Waals surface area contributed by atoms with Gasteiger partial charge in [0, 0.05) is 24.7 Å². The lowest BCUT2D eigenvalue weighted by Crippen LogP contribution is -2.40. The Labute approximate surface area is 114 Å². The van der Waals surface area contributed by atoms with Crippen LogP contribution in [0.4, 0.5) is 5.69 Å². The molecular weight excluding hydrogens is 238 g/mol. The van der Waals surface area contributed by atoms with Gasteiger partial charge in [-0.3, -0.25) is 4.98 Å². The van der Waals surface area contributed by atoms with Crippen molar-refractivity contribution in [1.29, 1.82) is 5.26 Å². The maximum absolute atomic E-state index is 9.77. The van der Waals surface area contributed by atoms with E-state index in [9.17, 15) is 10.4 Å². The van der Waals surface area contributed by atoms with E-state index in [2.05, 4.69) is 16.0 Å². The van der Waals surface area contributed by atoms with E-state index in [0.29, 0.717) is 5.56 Å². The van der Waals surface area contributed by atoms with Gasteiger partial charge in [0.15, 0.2) is 0 Å². The van der Waals surface area contributed by atoms with Crippen molar-refractivity contribution in [2.45, 2.75) is 39.7 Å². The standard InChI is InChI=1S/C15H21N3O/c1-10-7-15(14(8-16)11(2)17-10)18-6-4-5-13(9-18)12(3)19/h7,12-13,19H,4-6,9H2,1-3H3. The molecule has 0 amide bonds. The minimum Gasteiger partial charge on any atom is -0.393 e. The monoisotopic (exact) mass is 259 g/mol. The van der Waals surface area contributed by atoms with Crippen molar-refractivity contribution in [3.63, 3.8) is 0 Å². The number of nitriles is 1. The number of pyridine rings is 1. The van der Waals surface area contributed by atoms with Crippen LogP contribution in [0.3, 0.4) is 0 Å². The molecule has 102 valence electrons. The Morgan fingerprint density at radius 1 is 1.53 bits per heavy atom. The Kier molecular flexibility index (Phi) is 4.06. The fourth-order valence-electron chi connectivity index (χ4n) is 2.82. The summed E-state index contributed by atoms with van der Waals surface area (Å²) in [5, 5.41) is 19.1. The Bertz CT molecular complexity index is 505. The molecule has 0 aliphatic carbocycles. The van der Waals surface area contributed by atoms with Gasteiger partial charge >= 0.3 is 0 Å². The number of aliphatic hydroxyl groups is 1. The van der Waals surface area contributed by atoms with Gasteiger partial charge in [-0.05, 0) is 39.7 Å². The van der Waals surface area contributed by atoms with Gasteiger partial charge in [0.1, 0.15) is 6.07 Å². The lowest BCUT2D eigenvalue weighted by Gasteiger charge is -2.36. The minimum atomic E-state index is -0.294. The van der Waals surface area contributed by atoms with Gasteiger partial charge in [0.25, 0.3) is 0 Å². The SMILES string of the molecule is Cc1cc(N2CCCC(C(C)O)C2)c(C#N)c(C)n1. The molecule has 1 aliphatic heterocycles. The van der Waals surface area contributed by atoms with Crippen molar-refractivity contribution in [1.82, 2.24) is 4.98 Å². The molecule has 0 bridgehead atoms. The summed E-state index contributed by atoms with van der Waals surface area (Å²) < 4.78 is 0. The topological polar surface area (TPSA) is 60.1 Å². The Morgan fingerprint density at radius 2 is 2.26 bits per heavy atom. The van der Waals surface area contributed by atoms with Gasteiger partial charge in [0.05, 0.1) is 23.0 Å². The van der Waals surface area contributed by atoms with E-state index in [1.807, 2.05) is 26.8 Å². The average Bonchev–Trinajstić information content (AvgIpc) is 2.38. The molecule has 2 unspecified atom stereocenters. The summed E-state index contributed by atoms with van der Waals surface area (Å²) in [6.45, 7) is 7.44. The fraction of sp³-hybridized carbons (Fsp3) is 0.600. The van der Waals surface area contributed by atoms with Gasteiger partial charge in [-0.2, -0.15) is 5.26 Å². The summed E-state index contributed by atoms with van der Waals surface area (Å²) in [6, 6.07) is 4.25. The number of anilines is 1. The average molecular weight is 259 g/mol. The molecule has 1 aromatic rings. The van der Waals surface area contributed by atoms with Gasteiger partial charge in [-0.25, -0.2) is 0 Å². The molecule has 4 heteroatoms. The molecule has 0 spiro atoms. The van der Waals surface area contributed by atoms with Crippen molar-refractivity contribution >= 4 is 5.69 Å². The van der Waals surface area contributed by atoms with Gasteiger partial charge in [-0.15, -0.1) is 0 Å². The minimum absolute atomic E-state index is 0.286. The number of rotatable bonds is 2. The Morgan fingerprint density at radius 3 is 2.89 bits per heavy atom. The largest absolute Gasteiger partial charge is 0.393 e. The molecule has 19 heavy (non-hydrogen) atoms. The highest BCUT2D eigenvalue weighted by Crippen LogP contribution is 2.29. The molecule has 0 radical (unpaired) electrons. The van der Waals surface area contributed by atoms with Crippen molar-refractivity contribution < 1.29 is 5.11 Å². The van der Waals surface area contributed by atoms with E-state index < -0.39 is 0 Å². The highest BCUT2D eigenvalue weighted by molar-refractivity contribution is 5.61. The Hall–Kier alpha value is -1.60. The summed E-state index contributed by atoms with van der Waals surface area (Å²) in [4.78, 5) is 6.58. The van der Waals surface area contributed by atoms with Gasteiger partial charge < -0.3 is 10.0 Å². The number of hydrogen-bond acceptors (Lipinski definition) is 4. The zero-order valence-electron chi connectivity index (χ0n) is 11.8. The van der Waals surface area contributed by atoms with Crippen LogP contribution in [-0.4, -0.2) is 29.3 Å². The first kappa shape index (κ1) is 13.8. The molecular formula is C15H21N3O. The van der Waals surface area contributed by atoms with Gasteiger partial charge in [-0.1, -0.05) is 0 Å². The predicted octanol–water partition coefficient (Wildman–Crippen LogP) is 2.17. The molecule has 0 saturated carbocycles. The van der Waals surface area contributed by atoms with Crippen LogP contribution in [0.5, 0.6) is 0 Å². The number of aliphatic hydroxyl groups excluding tert-OH is 1. The van der Waals surface area contributed by atoms with Crippen LogP contribution in [0, 0.1) is 31.1 Å². The third-order valence-corrected chi connectivity index (χ3v) is 3.90. The molecule has 1 saturated heterocycles. The second-order valence-electron chi connectivity index (χ2n) is 5.44. The van der Waals surface area contributed by atoms with Crippen molar-refractivity contribution in [2.24, 2.45) is 5.92 Å². The fourth-order valence-corrected chi connectivity index (χ4v) is 2.82. The number of hydrogen-bond donors (Lipinski definition) is 1. The zero-order chi connectivity index (χ0) is 14.0. The summed E-state index contributed by atoms with van der Waals surface area (Å²) in [7, 11) is 0. The van der Waals surface area contributed by atoms with Crippen molar-refractivity contribution in [3.05, 3.63) is 23.0 Å². The molecule has 1 aliphatic rings. The summed E-state index contributed by atoms with van der Waals surface area (Å²) >= 11 is 0. The van der Waals surface area contributed by atoms with Crippen molar-refractivity contribution in [3.8, 4) is 6.07 Å². The second-order valence-corrected chi connectivity index (χ2v) is 5.44. The highest BCUT2D eigenvalue weighted by atomic mass is 16.3. The first-order valence-corrected chi connectivity index (χ1v) is 6.84. The first-order chi connectivity index (χ1) is 9.02. The molecule has 2 heterocycles. The van der Waals surface area contributed by atoms with Crippen molar-refractivity contribution in [2.75, 3.05) is 18.0 Å². The lowest BCUT2D eigenvalue weighted by atomic mass is 9.92. The summed E-state index contributed by atoms with van der Waals surface area (Å²) in [5.74, 6) is 0.286. The van der Waals surface area contributed by atoms with Crippen LogP contribution >= 0.6 is 0 Å². The third-order valence-electron chi connectivity index (χ3n) is 3.90. The molecule has 1 fully saturated rings.